The first-order valence-corrected chi connectivity index (χ1v) is 11.4. The van der Waals surface area contributed by atoms with E-state index in [0.717, 1.165) is 11.1 Å². The Hall–Kier alpha value is -2.51. The zero-order chi connectivity index (χ0) is 22.0. The Morgan fingerprint density at radius 1 is 1.13 bits per heavy atom. The van der Waals surface area contributed by atoms with Gasteiger partial charge in [-0.1, -0.05) is 60.7 Å². The summed E-state index contributed by atoms with van der Waals surface area (Å²) in [7, 11) is 0. The standard InChI is InChI=1S/C23H22ClNO5S/c1-23(14-29-19(27)13-24)21(25-17(26)12-18(25)31-23)22(28)30-20(15-8-4-2-5-9-15)16-10-6-3-7-11-16/h2-11,18,20-21H,12-14H2,1H3/t18?,21-,23-/m0/s1. The molecule has 162 valence electrons. The first-order chi connectivity index (χ1) is 14.9. The summed E-state index contributed by atoms with van der Waals surface area (Å²) in [6, 6.07) is 18.1. The van der Waals surface area contributed by atoms with Crippen LogP contribution in [0.3, 0.4) is 0 Å². The molecule has 31 heavy (non-hydrogen) atoms. The molecule has 0 aromatic heterocycles. The van der Waals surface area contributed by atoms with Crippen LogP contribution < -0.4 is 0 Å². The molecule has 8 heteroatoms. The number of nitrogens with zero attached hydrogens (tertiary/aromatic N) is 1. The average Bonchev–Trinajstić information content (AvgIpc) is 3.04. The van der Waals surface area contributed by atoms with Crippen LogP contribution in [0.25, 0.3) is 0 Å². The number of carbonyl (C=O) groups is 3. The molecule has 2 aliphatic rings. The molecular weight excluding hydrogens is 438 g/mol. The Morgan fingerprint density at radius 3 is 2.23 bits per heavy atom. The van der Waals surface area contributed by atoms with Crippen LogP contribution in [0.1, 0.15) is 30.6 Å². The van der Waals surface area contributed by atoms with Crippen molar-refractivity contribution in [1.82, 2.24) is 4.90 Å². The topological polar surface area (TPSA) is 72.9 Å². The Labute approximate surface area is 189 Å². The summed E-state index contributed by atoms with van der Waals surface area (Å²) in [6.45, 7) is 1.78. The molecule has 3 atom stereocenters. The molecular formula is C23H22ClNO5S. The highest BCUT2D eigenvalue weighted by atomic mass is 35.5. The Kier molecular flexibility index (Phi) is 6.25. The van der Waals surface area contributed by atoms with Crippen LogP contribution in [0.2, 0.25) is 0 Å². The summed E-state index contributed by atoms with van der Waals surface area (Å²) in [5.41, 5.74) is 1.66. The molecule has 2 aliphatic heterocycles. The highest BCUT2D eigenvalue weighted by Gasteiger charge is 2.61. The van der Waals surface area contributed by atoms with Crippen molar-refractivity contribution in [2.75, 3.05) is 12.5 Å². The van der Waals surface area contributed by atoms with Crippen LogP contribution in [0.5, 0.6) is 0 Å². The van der Waals surface area contributed by atoms with E-state index < -0.39 is 28.8 Å². The van der Waals surface area contributed by atoms with Gasteiger partial charge in [-0.2, -0.15) is 0 Å². The first-order valence-electron chi connectivity index (χ1n) is 9.94. The fourth-order valence-electron chi connectivity index (χ4n) is 3.98. The molecule has 0 aliphatic carbocycles. The number of esters is 2. The zero-order valence-electron chi connectivity index (χ0n) is 16.9. The summed E-state index contributed by atoms with van der Waals surface area (Å²) in [5, 5.41) is -0.128. The lowest BCUT2D eigenvalue weighted by Crippen LogP contribution is -2.58. The Bertz CT molecular complexity index is 933. The predicted octanol–water partition coefficient (Wildman–Crippen LogP) is 3.53. The van der Waals surface area contributed by atoms with Crippen LogP contribution in [0.15, 0.2) is 60.7 Å². The van der Waals surface area contributed by atoms with E-state index in [2.05, 4.69) is 0 Å². The number of rotatable bonds is 7. The van der Waals surface area contributed by atoms with E-state index in [1.54, 1.807) is 4.90 Å². The van der Waals surface area contributed by atoms with Gasteiger partial charge in [-0.15, -0.1) is 23.4 Å². The summed E-state index contributed by atoms with van der Waals surface area (Å²) in [5.74, 6) is -1.47. The second-order valence-electron chi connectivity index (χ2n) is 7.73. The first kappa shape index (κ1) is 21.7. The van der Waals surface area contributed by atoms with E-state index in [0.29, 0.717) is 6.42 Å². The van der Waals surface area contributed by atoms with Crippen molar-refractivity contribution in [3.8, 4) is 0 Å². The van der Waals surface area contributed by atoms with Crippen molar-refractivity contribution in [3.05, 3.63) is 71.8 Å². The Morgan fingerprint density at radius 2 is 1.71 bits per heavy atom. The molecule has 2 aromatic rings. The van der Waals surface area contributed by atoms with Gasteiger partial charge in [-0.05, 0) is 18.1 Å². The maximum atomic E-state index is 13.5. The van der Waals surface area contributed by atoms with Crippen LogP contribution in [-0.4, -0.2) is 51.4 Å². The van der Waals surface area contributed by atoms with Gasteiger partial charge in [0.1, 0.15) is 18.5 Å². The van der Waals surface area contributed by atoms with Crippen molar-refractivity contribution in [2.45, 2.75) is 35.6 Å². The number of alkyl halides is 1. The van der Waals surface area contributed by atoms with E-state index in [1.165, 1.54) is 11.8 Å². The number of carbonyl (C=O) groups excluding carboxylic acids is 3. The highest BCUT2D eigenvalue weighted by molar-refractivity contribution is 8.01. The van der Waals surface area contributed by atoms with E-state index >= 15 is 0 Å². The van der Waals surface area contributed by atoms with Gasteiger partial charge in [0.25, 0.3) is 0 Å². The number of hydrogen-bond acceptors (Lipinski definition) is 6. The van der Waals surface area contributed by atoms with Crippen molar-refractivity contribution < 1.29 is 23.9 Å². The smallest absolute Gasteiger partial charge is 0.331 e. The largest absolute Gasteiger partial charge is 0.463 e. The summed E-state index contributed by atoms with van der Waals surface area (Å²) in [4.78, 5) is 39.0. The average molecular weight is 460 g/mol. The molecule has 2 saturated heterocycles. The van der Waals surface area contributed by atoms with Gasteiger partial charge in [0.15, 0.2) is 6.10 Å². The second kappa shape index (κ2) is 8.93. The van der Waals surface area contributed by atoms with Crippen LogP contribution in [0, 0.1) is 0 Å². The van der Waals surface area contributed by atoms with Crippen molar-refractivity contribution in [1.29, 1.82) is 0 Å². The molecule has 0 saturated carbocycles. The molecule has 0 bridgehead atoms. The number of halogens is 1. The molecule has 4 rings (SSSR count). The van der Waals surface area contributed by atoms with E-state index in [9.17, 15) is 14.4 Å². The van der Waals surface area contributed by atoms with Gasteiger partial charge in [-0.3, -0.25) is 9.59 Å². The van der Waals surface area contributed by atoms with Crippen LogP contribution in [-0.2, 0) is 23.9 Å². The van der Waals surface area contributed by atoms with E-state index in [4.69, 9.17) is 21.1 Å². The zero-order valence-corrected chi connectivity index (χ0v) is 18.5. The number of hydrogen-bond donors (Lipinski definition) is 0. The van der Waals surface area contributed by atoms with Gasteiger partial charge in [0, 0.05) is 0 Å². The van der Waals surface area contributed by atoms with Gasteiger partial charge in [0.05, 0.1) is 16.5 Å². The Balaban J connectivity index is 1.61. The molecule has 1 unspecified atom stereocenters. The summed E-state index contributed by atoms with van der Waals surface area (Å²) >= 11 is 7.00. The van der Waals surface area contributed by atoms with E-state index in [1.807, 2.05) is 67.6 Å². The number of amides is 1. The molecule has 2 aromatic carbocycles. The van der Waals surface area contributed by atoms with Crippen LogP contribution in [0.4, 0.5) is 0 Å². The molecule has 1 amide bonds. The summed E-state index contributed by atoms with van der Waals surface area (Å²) in [6.07, 6.45) is -0.265. The predicted molar refractivity (Wildman–Crippen MR) is 118 cm³/mol. The van der Waals surface area contributed by atoms with Crippen LogP contribution >= 0.6 is 23.4 Å². The lowest BCUT2D eigenvalue weighted by molar-refractivity contribution is -0.165. The minimum atomic E-state index is -0.859. The lowest BCUT2D eigenvalue weighted by Gasteiger charge is -2.38. The minimum Gasteiger partial charge on any atom is -0.463 e. The number of benzene rings is 2. The molecule has 0 radical (unpaired) electrons. The van der Waals surface area contributed by atoms with Gasteiger partial charge in [-0.25, -0.2) is 4.79 Å². The van der Waals surface area contributed by atoms with Crippen molar-refractivity contribution >= 4 is 41.2 Å². The third-order valence-corrected chi connectivity index (χ3v) is 7.26. The maximum absolute atomic E-state index is 13.5. The highest BCUT2D eigenvalue weighted by Crippen LogP contribution is 2.51. The fourth-order valence-corrected chi connectivity index (χ4v) is 5.73. The van der Waals surface area contributed by atoms with Crippen molar-refractivity contribution in [2.24, 2.45) is 0 Å². The third-order valence-electron chi connectivity index (χ3n) is 5.50. The lowest BCUT2D eigenvalue weighted by atomic mass is 9.96. The van der Waals surface area contributed by atoms with E-state index in [-0.39, 0.29) is 23.8 Å². The molecule has 0 N–H and O–H groups in total. The third kappa shape index (κ3) is 4.29. The van der Waals surface area contributed by atoms with Gasteiger partial charge < -0.3 is 14.4 Å². The molecule has 2 fully saturated rings. The summed E-state index contributed by atoms with van der Waals surface area (Å²) < 4.78 is 10.5. The molecule has 0 spiro atoms. The second-order valence-corrected chi connectivity index (χ2v) is 9.71. The molecule has 2 heterocycles. The number of thioether (sulfide) groups is 1. The fraction of sp³-hybridized carbons (Fsp3) is 0.348. The molecule has 6 nitrogen and oxygen atoms in total. The monoisotopic (exact) mass is 459 g/mol. The number of ether oxygens (including phenoxy) is 2. The maximum Gasteiger partial charge on any atom is 0.331 e. The van der Waals surface area contributed by atoms with Crippen molar-refractivity contribution in [3.63, 3.8) is 0 Å². The quantitative estimate of drug-likeness (QED) is 0.358. The SMILES string of the molecule is C[C@@]1(COC(=O)CCl)SC2CC(=O)N2[C@H]1C(=O)OC(c1ccccc1)c1ccccc1. The minimum absolute atomic E-state index is 0.0371. The number of fused-ring (bicyclic) bond motifs is 1. The number of β-lactam (4-membered cyclic amide) rings is 1. The normalized spacial score (nSPS) is 24.5. The van der Waals surface area contributed by atoms with Gasteiger partial charge in [0.2, 0.25) is 5.91 Å². The van der Waals surface area contributed by atoms with Gasteiger partial charge >= 0.3 is 11.9 Å².